The standard InChI is InChI=1S/C22H29N5O4S/c1-6-26(7-2)32(29,30)18-12-13-19-20(14-18)27(25-24-19)31-15-21(28)23-17-10-8-16(9-11-17)22(3,4)5/h8-14H,6-7,15H2,1-5H3,(H,23,28). The van der Waals surface area contributed by atoms with Crippen LogP contribution in [0.2, 0.25) is 0 Å². The number of sulfonamides is 1. The third-order valence-corrected chi connectivity index (χ3v) is 7.13. The Morgan fingerprint density at radius 2 is 1.75 bits per heavy atom. The van der Waals surface area contributed by atoms with E-state index in [2.05, 4.69) is 36.4 Å². The molecule has 0 atom stereocenters. The monoisotopic (exact) mass is 459 g/mol. The number of nitrogens with zero attached hydrogens (tertiary/aromatic N) is 4. The number of fused-ring (bicyclic) bond motifs is 1. The van der Waals surface area contributed by atoms with Gasteiger partial charge < -0.3 is 10.2 Å². The average molecular weight is 460 g/mol. The van der Waals surface area contributed by atoms with Crippen LogP contribution in [0.25, 0.3) is 11.0 Å². The van der Waals surface area contributed by atoms with Crippen LogP contribution in [0.15, 0.2) is 47.4 Å². The highest BCUT2D eigenvalue weighted by molar-refractivity contribution is 7.89. The van der Waals surface area contributed by atoms with Crippen LogP contribution in [-0.4, -0.2) is 53.5 Å². The maximum absolute atomic E-state index is 12.8. The summed E-state index contributed by atoms with van der Waals surface area (Å²) in [4.78, 5) is 19.0. The highest BCUT2D eigenvalue weighted by atomic mass is 32.2. The van der Waals surface area contributed by atoms with Gasteiger partial charge in [-0.2, -0.15) is 4.31 Å². The molecule has 0 aliphatic rings. The Morgan fingerprint density at radius 1 is 1.09 bits per heavy atom. The Morgan fingerprint density at radius 3 is 2.34 bits per heavy atom. The highest BCUT2D eigenvalue weighted by Gasteiger charge is 2.23. The lowest BCUT2D eigenvalue weighted by atomic mass is 9.87. The smallest absolute Gasteiger partial charge is 0.265 e. The van der Waals surface area contributed by atoms with E-state index >= 15 is 0 Å². The lowest BCUT2D eigenvalue weighted by Crippen LogP contribution is -2.30. The Hall–Kier alpha value is -2.98. The molecule has 3 aromatic rings. The first-order valence-electron chi connectivity index (χ1n) is 10.5. The fraction of sp³-hybridized carbons (Fsp3) is 0.409. The van der Waals surface area contributed by atoms with Crippen LogP contribution >= 0.6 is 0 Å². The van der Waals surface area contributed by atoms with E-state index < -0.39 is 10.0 Å². The number of nitrogens with one attached hydrogen (secondary N) is 1. The highest BCUT2D eigenvalue weighted by Crippen LogP contribution is 2.23. The number of carbonyl (C=O) groups is 1. The van der Waals surface area contributed by atoms with Gasteiger partial charge in [0.2, 0.25) is 10.0 Å². The zero-order valence-corrected chi connectivity index (χ0v) is 19.8. The zero-order chi connectivity index (χ0) is 23.5. The van der Waals surface area contributed by atoms with Gasteiger partial charge in [-0.3, -0.25) is 4.79 Å². The van der Waals surface area contributed by atoms with E-state index in [0.29, 0.717) is 29.8 Å². The number of anilines is 1. The Balaban J connectivity index is 1.72. The molecule has 3 rings (SSSR count). The van der Waals surface area contributed by atoms with E-state index in [1.807, 2.05) is 24.3 Å². The van der Waals surface area contributed by atoms with Gasteiger partial charge in [-0.1, -0.05) is 51.6 Å². The number of carbonyl (C=O) groups excluding carboxylic acids is 1. The zero-order valence-electron chi connectivity index (χ0n) is 19.0. The molecule has 1 aromatic heterocycles. The van der Waals surface area contributed by atoms with Crippen molar-refractivity contribution in [1.29, 1.82) is 0 Å². The summed E-state index contributed by atoms with van der Waals surface area (Å²) in [5.41, 5.74) is 2.67. The van der Waals surface area contributed by atoms with Crippen molar-refractivity contribution in [2.45, 2.75) is 44.9 Å². The third kappa shape index (κ3) is 5.08. The van der Waals surface area contributed by atoms with Crippen molar-refractivity contribution in [3.63, 3.8) is 0 Å². The second kappa shape index (κ2) is 9.25. The molecule has 10 heteroatoms. The molecule has 0 saturated heterocycles. The summed E-state index contributed by atoms with van der Waals surface area (Å²) in [5.74, 6) is -0.371. The fourth-order valence-corrected chi connectivity index (χ4v) is 4.70. The van der Waals surface area contributed by atoms with E-state index in [-0.39, 0.29) is 22.8 Å². The normalized spacial score (nSPS) is 12.3. The van der Waals surface area contributed by atoms with Crippen molar-refractivity contribution in [3.05, 3.63) is 48.0 Å². The Labute approximate surface area is 188 Å². The van der Waals surface area contributed by atoms with Crippen molar-refractivity contribution in [3.8, 4) is 0 Å². The Bertz CT molecular complexity index is 1190. The van der Waals surface area contributed by atoms with Crippen molar-refractivity contribution >= 4 is 32.7 Å². The molecular weight excluding hydrogens is 430 g/mol. The first-order chi connectivity index (χ1) is 15.1. The lowest BCUT2D eigenvalue weighted by Gasteiger charge is -2.19. The molecule has 9 nitrogen and oxygen atoms in total. The first kappa shape index (κ1) is 23.7. The summed E-state index contributed by atoms with van der Waals surface area (Å²) in [6, 6.07) is 12.1. The number of amides is 1. The van der Waals surface area contributed by atoms with Gasteiger partial charge >= 0.3 is 0 Å². The van der Waals surface area contributed by atoms with Crippen molar-refractivity contribution < 1.29 is 18.0 Å². The summed E-state index contributed by atoms with van der Waals surface area (Å²) in [6.07, 6.45) is 0. The van der Waals surface area contributed by atoms with Crippen LogP contribution in [0.3, 0.4) is 0 Å². The predicted octanol–water partition coefficient (Wildman–Crippen LogP) is 2.83. The van der Waals surface area contributed by atoms with Crippen LogP contribution in [0.5, 0.6) is 0 Å². The average Bonchev–Trinajstić information content (AvgIpc) is 3.15. The maximum atomic E-state index is 12.8. The van der Waals surface area contributed by atoms with Crippen molar-refractivity contribution in [1.82, 2.24) is 19.5 Å². The second-order valence-corrected chi connectivity index (χ2v) is 10.3. The lowest BCUT2D eigenvalue weighted by molar-refractivity contribution is -0.121. The number of hydrogen-bond donors (Lipinski definition) is 1. The molecule has 32 heavy (non-hydrogen) atoms. The molecule has 0 aliphatic carbocycles. The second-order valence-electron chi connectivity index (χ2n) is 8.35. The molecule has 1 N–H and O–H groups in total. The van der Waals surface area contributed by atoms with Crippen LogP contribution < -0.4 is 10.2 Å². The van der Waals surface area contributed by atoms with Gasteiger partial charge in [0.05, 0.1) is 4.90 Å². The molecule has 1 heterocycles. The molecule has 0 bridgehead atoms. The molecular formula is C22H29N5O4S. The molecule has 0 spiro atoms. The van der Waals surface area contributed by atoms with Gasteiger partial charge in [0.15, 0.2) is 6.61 Å². The van der Waals surface area contributed by atoms with E-state index in [9.17, 15) is 13.2 Å². The number of hydrogen-bond acceptors (Lipinski definition) is 6. The molecule has 2 aromatic carbocycles. The van der Waals surface area contributed by atoms with Crippen LogP contribution in [0.4, 0.5) is 5.69 Å². The molecule has 0 unspecified atom stereocenters. The van der Waals surface area contributed by atoms with Gasteiger partial charge in [-0.15, -0.1) is 5.10 Å². The number of aromatic nitrogens is 3. The number of rotatable bonds is 8. The summed E-state index contributed by atoms with van der Waals surface area (Å²) >= 11 is 0. The van der Waals surface area contributed by atoms with Gasteiger partial charge in [-0.05, 0) is 46.5 Å². The molecule has 172 valence electrons. The molecule has 0 saturated carbocycles. The van der Waals surface area contributed by atoms with E-state index in [1.54, 1.807) is 19.9 Å². The first-order valence-corrected chi connectivity index (χ1v) is 11.9. The minimum absolute atomic E-state index is 0.0252. The van der Waals surface area contributed by atoms with E-state index in [4.69, 9.17) is 4.84 Å². The van der Waals surface area contributed by atoms with E-state index in [0.717, 1.165) is 10.4 Å². The minimum Gasteiger partial charge on any atom is -0.385 e. The van der Waals surface area contributed by atoms with Crippen molar-refractivity contribution in [2.75, 3.05) is 25.0 Å². The van der Waals surface area contributed by atoms with Crippen molar-refractivity contribution in [2.24, 2.45) is 0 Å². The molecule has 0 radical (unpaired) electrons. The fourth-order valence-electron chi connectivity index (χ4n) is 3.22. The van der Waals surface area contributed by atoms with Gasteiger partial charge in [0.25, 0.3) is 5.91 Å². The minimum atomic E-state index is -3.64. The van der Waals surface area contributed by atoms with Gasteiger partial charge in [0.1, 0.15) is 11.0 Å². The van der Waals surface area contributed by atoms with Crippen LogP contribution in [0.1, 0.15) is 40.2 Å². The summed E-state index contributed by atoms with van der Waals surface area (Å²) in [5, 5.41) is 10.6. The van der Waals surface area contributed by atoms with Gasteiger partial charge in [0, 0.05) is 18.8 Å². The molecule has 1 amide bonds. The summed E-state index contributed by atoms with van der Waals surface area (Å²) < 4.78 is 27.0. The topological polar surface area (TPSA) is 106 Å². The molecule has 0 aliphatic heterocycles. The largest absolute Gasteiger partial charge is 0.385 e. The van der Waals surface area contributed by atoms with Crippen LogP contribution in [0, 0.1) is 0 Å². The predicted molar refractivity (Wildman–Crippen MR) is 123 cm³/mol. The van der Waals surface area contributed by atoms with Gasteiger partial charge in [-0.25, -0.2) is 8.42 Å². The summed E-state index contributed by atoms with van der Waals surface area (Å²) in [6.45, 7) is 10.3. The quantitative estimate of drug-likeness (QED) is 0.555. The SMILES string of the molecule is CCN(CC)S(=O)(=O)c1ccc2nnn(OCC(=O)Nc3ccc(C(C)(C)C)cc3)c2c1. The number of benzene rings is 2. The van der Waals surface area contributed by atoms with E-state index in [1.165, 1.54) is 16.4 Å². The van der Waals surface area contributed by atoms with Crippen LogP contribution in [-0.2, 0) is 20.2 Å². The Kier molecular flexibility index (Phi) is 6.85. The summed E-state index contributed by atoms with van der Waals surface area (Å²) in [7, 11) is -3.64. The maximum Gasteiger partial charge on any atom is 0.265 e. The molecule has 0 fully saturated rings. The third-order valence-electron chi connectivity index (χ3n) is 5.08.